The third-order valence-electron chi connectivity index (χ3n) is 4.74. The Bertz CT molecular complexity index is 802. The van der Waals surface area contributed by atoms with Crippen LogP contribution in [0.5, 0.6) is 11.5 Å². The fourth-order valence-corrected chi connectivity index (χ4v) is 3.15. The van der Waals surface area contributed by atoms with Crippen LogP contribution in [-0.4, -0.2) is 32.1 Å². The molecule has 0 bridgehead atoms. The Balaban J connectivity index is 1.54. The van der Waals surface area contributed by atoms with E-state index >= 15 is 0 Å². The molecule has 1 saturated heterocycles. The topological polar surface area (TPSA) is 67.9 Å². The predicted octanol–water partition coefficient (Wildman–Crippen LogP) is 3.15. The van der Waals surface area contributed by atoms with Crippen molar-refractivity contribution in [3.63, 3.8) is 0 Å². The largest absolute Gasteiger partial charge is 0.497 e. The quantitative estimate of drug-likeness (QED) is 0.762. The molecule has 2 aromatic carbocycles. The van der Waals surface area contributed by atoms with E-state index in [2.05, 4.69) is 12.2 Å². The van der Waals surface area contributed by atoms with Crippen LogP contribution in [0.3, 0.4) is 0 Å². The van der Waals surface area contributed by atoms with Crippen LogP contribution >= 0.6 is 0 Å². The van der Waals surface area contributed by atoms with Crippen LogP contribution in [0.15, 0.2) is 48.5 Å². The van der Waals surface area contributed by atoms with E-state index in [0.717, 1.165) is 29.2 Å². The zero-order chi connectivity index (χ0) is 19.9. The third kappa shape index (κ3) is 4.82. The molecule has 2 amide bonds. The molecular weight excluding hydrogens is 356 g/mol. The molecule has 28 heavy (non-hydrogen) atoms. The molecule has 0 aromatic heterocycles. The molecule has 6 heteroatoms. The fourth-order valence-electron chi connectivity index (χ4n) is 3.15. The van der Waals surface area contributed by atoms with E-state index in [0.29, 0.717) is 19.7 Å². The van der Waals surface area contributed by atoms with Gasteiger partial charge in [-0.3, -0.25) is 9.59 Å². The summed E-state index contributed by atoms with van der Waals surface area (Å²) < 4.78 is 10.7. The number of hydrogen-bond acceptors (Lipinski definition) is 4. The van der Waals surface area contributed by atoms with E-state index in [9.17, 15) is 9.59 Å². The molecule has 1 aliphatic rings. The van der Waals surface area contributed by atoms with E-state index in [4.69, 9.17) is 9.47 Å². The predicted molar refractivity (Wildman–Crippen MR) is 108 cm³/mol. The number of anilines is 1. The summed E-state index contributed by atoms with van der Waals surface area (Å²) in [4.78, 5) is 26.6. The summed E-state index contributed by atoms with van der Waals surface area (Å²) in [6, 6.07) is 15.0. The Hall–Kier alpha value is -3.02. The third-order valence-corrected chi connectivity index (χ3v) is 4.74. The maximum Gasteiger partial charge on any atom is 0.227 e. The highest BCUT2D eigenvalue weighted by molar-refractivity contribution is 6.00. The monoisotopic (exact) mass is 382 g/mol. The fraction of sp³-hybridized carbons (Fsp3) is 0.364. The molecule has 0 aliphatic carbocycles. The van der Waals surface area contributed by atoms with Crippen molar-refractivity contribution in [3.8, 4) is 11.5 Å². The molecule has 1 fully saturated rings. The summed E-state index contributed by atoms with van der Waals surface area (Å²) in [6.07, 6.45) is 1.17. The van der Waals surface area contributed by atoms with Gasteiger partial charge in [0.1, 0.15) is 11.5 Å². The molecule has 1 N–H and O–H groups in total. The van der Waals surface area contributed by atoms with Crippen LogP contribution in [0, 0.1) is 5.92 Å². The van der Waals surface area contributed by atoms with Gasteiger partial charge in [-0.05, 0) is 48.4 Å². The zero-order valence-corrected chi connectivity index (χ0v) is 16.3. The van der Waals surface area contributed by atoms with E-state index < -0.39 is 0 Å². The molecule has 6 nitrogen and oxygen atoms in total. The van der Waals surface area contributed by atoms with Gasteiger partial charge in [0.15, 0.2) is 0 Å². The average Bonchev–Trinajstić information content (AvgIpc) is 3.13. The van der Waals surface area contributed by atoms with Gasteiger partial charge in [0, 0.05) is 25.2 Å². The number of hydrogen-bond donors (Lipinski definition) is 1. The summed E-state index contributed by atoms with van der Waals surface area (Å²) >= 11 is 0. The van der Waals surface area contributed by atoms with Gasteiger partial charge >= 0.3 is 0 Å². The molecule has 0 saturated carbocycles. The van der Waals surface area contributed by atoms with Crippen LogP contribution in [0.25, 0.3) is 0 Å². The smallest absolute Gasteiger partial charge is 0.227 e. The van der Waals surface area contributed by atoms with Crippen LogP contribution in [0.2, 0.25) is 0 Å². The van der Waals surface area contributed by atoms with Crippen LogP contribution < -0.4 is 19.7 Å². The number of carbonyl (C=O) groups is 2. The number of rotatable bonds is 8. The van der Waals surface area contributed by atoms with Crippen molar-refractivity contribution in [2.75, 3.05) is 25.2 Å². The number of methoxy groups -OCH3 is 1. The molecular formula is C22H26N2O4. The van der Waals surface area contributed by atoms with Gasteiger partial charge < -0.3 is 19.7 Å². The molecule has 1 atom stereocenters. The van der Waals surface area contributed by atoms with Crippen molar-refractivity contribution >= 4 is 17.5 Å². The van der Waals surface area contributed by atoms with Crippen LogP contribution in [0.4, 0.5) is 5.69 Å². The standard InChI is InChI=1S/C22H26N2O4/c1-3-12-28-20-10-6-18(7-11-20)24-15-17(13-21(24)25)22(26)23-14-16-4-8-19(27-2)9-5-16/h4-11,17H,3,12-15H2,1-2H3,(H,23,26)/t17-/m1/s1. The molecule has 1 heterocycles. The lowest BCUT2D eigenvalue weighted by molar-refractivity contribution is -0.126. The normalized spacial score (nSPS) is 16.1. The molecule has 0 radical (unpaired) electrons. The van der Waals surface area contributed by atoms with Gasteiger partial charge in [-0.2, -0.15) is 0 Å². The minimum Gasteiger partial charge on any atom is -0.497 e. The van der Waals surface area contributed by atoms with Crippen molar-refractivity contribution in [1.29, 1.82) is 0 Å². The Kier molecular flexibility index (Phi) is 6.53. The average molecular weight is 382 g/mol. The lowest BCUT2D eigenvalue weighted by Gasteiger charge is -2.17. The van der Waals surface area contributed by atoms with E-state index in [-0.39, 0.29) is 24.2 Å². The van der Waals surface area contributed by atoms with Gasteiger partial charge in [-0.15, -0.1) is 0 Å². The van der Waals surface area contributed by atoms with E-state index in [1.165, 1.54) is 0 Å². The number of amides is 2. The molecule has 0 spiro atoms. The van der Waals surface area contributed by atoms with E-state index in [1.807, 2.05) is 48.5 Å². The first kappa shape index (κ1) is 19.7. The van der Waals surface area contributed by atoms with Crippen molar-refractivity contribution in [2.45, 2.75) is 26.3 Å². The number of nitrogens with zero attached hydrogens (tertiary/aromatic N) is 1. The number of nitrogens with one attached hydrogen (secondary N) is 1. The van der Waals surface area contributed by atoms with Crippen molar-refractivity contribution in [1.82, 2.24) is 5.32 Å². The van der Waals surface area contributed by atoms with Gasteiger partial charge in [0.25, 0.3) is 0 Å². The van der Waals surface area contributed by atoms with Crippen LogP contribution in [0.1, 0.15) is 25.3 Å². The van der Waals surface area contributed by atoms with Crippen molar-refractivity contribution < 1.29 is 19.1 Å². The summed E-state index contributed by atoms with van der Waals surface area (Å²) in [7, 11) is 1.62. The Morgan fingerprint density at radius 3 is 2.43 bits per heavy atom. The number of carbonyl (C=O) groups excluding carboxylic acids is 2. The highest BCUT2D eigenvalue weighted by atomic mass is 16.5. The second-order valence-corrected chi connectivity index (χ2v) is 6.81. The lowest BCUT2D eigenvalue weighted by Crippen LogP contribution is -2.32. The minimum absolute atomic E-state index is 0.0353. The molecule has 1 aliphatic heterocycles. The lowest BCUT2D eigenvalue weighted by atomic mass is 10.1. The summed E-state index contributed by atoms with van der Waals surface area (Å²) in [5.74, 6) is 1.08. The first-order valence-corrected chi connectivity index (χ1v) is 9.54. The van der Waals surface area contributed by atoms with Crippen molar-refractivity contribution in [2.24, 2.45) is 5.92 Å². The summed E-state index contributed by atoms with van der Waals surface area (Å²) in [5.41, 5.74) is 1.78. The first-order valence-electron chi connectivity index (χ1n) is 9.54. The summed E-state index contributed by atoms with van der Waals surface area (Å²) in [6.45, 7) is 3.54. The second kappa shape index (κ2) is 9.26. The van der Waals surface area contributed by atoms with Crippen LogP contribution in [-0.2, 0) is 16.1 Å². The van der Waals surface area contributed by atoms with E-state index in [1.54, 1.807) is 12.0 Å². The minimum atomic E-state index is -0.346. The molecule has 148 valence electrons. The Labute approximate surface area is 165 Å². The maximum atomic E-state index is 12.5. The Morgan fingerprint density at radius 1 is 1.11 bits per heavy atom. The number of benzene rings is 2. The van der Waals surface area contributed by atoms with Gasteiger partial charge in [0.05, 0.1) is 19.6 Å². The highest BCUT2D eigenvalue weighted by Gasteiger charge is 2.34. The SMILES string of the molecule is CCCOc1ccc(N2C[C@H](C(=O)NCc3ccc(OC)cc3)CC2=O)cc1. The molecule has 3 rings (SSSR count). The highest BCUT2D eigenvalue weighted by Crippen LogP contribution is 2.27. The second-order valence-electron chi connectivity index (χ2n) is 6.81. The van der Waals surface area contributed by atoms with Gasteiger partial charge in [-0.1, -0.05) is 19.1 Å². The van der Waals surface area contributed by atoms with Gasteiger partial charge in [0.2, 0.25) is 11.8 Å². The molecule has 2 aromatic rings. The molecule has 0 unspecified atom stereocenters. The summed E-state index contributed by atoms with van der Waals surface area (Å²) in [5, 5.41) is 2.92. The van der Waals surface area contributed by atoms with Gasteiger partial charge in [-0.25, -0.2) is 0 Å². The zero-order valence-electron chi connectivity index (χ0n) is 16.3. The first-order chi connectivity index (χ1) is 13.6. The number of ether oxygens (including phenoxy) is 2. The Morgan fingerprint density at radius 2 is 1.79 bits per heavy atom. The van der Waals surface area contributed by atoms with Crippen molar-refractivity contribution in [3.05, 3.63) is 54.1 Å². The maximum absolute atomic E-state index is 12.5.